The summed E-state index contributed by atoms with van der Waals surface area (Å²) in [6.45, 7) is 4.51. The lowest BCUT2D eigenvalue weighted by atomic mass is 9.85. The molecule has 1 aliphatic rings. The summed E-state index contributed by atoms with van der Waals surface area (Å²) < 4.78 is 5.57. The molecule has 1 fully saturated rings. The molecule has 0 spiro atoms. The summed E-state index contributed by atoms with van der Waals surface area (Å²) in [5.41, 5.74) is 2.17. The molecule has 3 nitrogen and oxygen atoms in total. The second-order valence-electron chi connectivity index (χ2n) is 5.77. The van der Waals surface area contributed by atoms with E-state index in [4.69, 9.17) is 4.74 Å². The van der Waals surface area contributed by atoms with E-state index in [0.29, 0.717) is 0 Å². The zero-order chi connectivity index (χ0) is 14.4. The van der Waals surface area contributed by atoms with Crippen LogP contribution in [-0.4, -0.2) is 18.6 Å². The van der Waals surface area contributed by atoms with Crippen molar-refractivity contribution in [1.82, 2.24) is 0 Å². The van der Waals surface area contributed by atoms with Crippen molar-refractivity contribution in [1.29, 1.82) is 0 Å². The number of esters is 1. The second kappa shape index (κ2) is 7.32. The molecule has 0 radical (unpaired) electrons. The fourth-order valence-electron chi connectivity index (χ4n) is 2.79. The van der Waals surface area contributed by atoms with Crippen LogP contribution in [0, 0.1) is 12.8 Å². The van der Waals surface area contributed by atoms with Crippen LogP contribution in [0.5, 0.6) is 0 Å². The maximum atomic E-state index is 11.9. The third-order valence-corrected chi connectivity index (χ3v) is 4.10. The molecule has 20 heavy (non-hydrogen) atoms. The van der Waals surface area contributed by atoms with Crippen LogP contribution in [0.15, 0.2) is 24.3 Å². The van der Waals surface area contributed by atoms with Crippen LogP contribution in [0.2, 0.25) is 0 Å². The third-order valence-electron chi connectivity index (χ3n) is 4.10. The lowest BCUT2D eigenvalue weighted by Gasteiger charge is -2.28. The first-order valence-electron chi connectivity index (χ1n) is 7.67. The number of hydrogen-bond donors (Lipinski definition) is 1. The van der Waals surface area contributed by atoms with Gasteiger partial charge in [-0.05, 0) is 44.2 Å². The van der Waals surface area contributed by atoms with Crippen molar-refractivity contribution in [3.63, 3.8) is 0 Å². The summed E-state index contributed by atoms with van der Waals surface area (Å²) in [6.07, 6.45) is 5.84. The van der Waals surface area contributed by atoms with Crippen molar-refractivity contribution in [3.8, 4) is 0 Å². The number of carbonyl (C=O) groups excluding carboxylic acids is 1. The first-order valence-corrected chi connectivity index (χ1v) is 7.67. The molecular formula is C17H25NO2. The molecular weight excluding hydrogens is 250 g/mol. The SMILES string of the molecule is CCC1CCCC(OC(=O)CNc2ccc(C)cc2)C1. The summed E-state index contributed by atoms with van der Waals surface area (Å²) in [5, 5.41) is 3.11. The normalized spacial score (nSPS) is 22.3. The minimum atomic E-state index is -0.146. The van der Waals surface area contributed by atoms with Crippen molar-refractivity contribution in [2.45, 2.75) is 52.1 Å². The molecule has 3 heteroatoms. The minimum Gasteiger partial charge on any atom is -0.461 e. The lowest BCUT2D eigenvalue weighted by Crippen LogP contribution is -2.28. The average molecular weight is 275 g/mol. The van der Waals surface area contributed by atoms with Crippen LogP contribution in [-0.2, 0) is 9.53 Å². The van der Waals surface area contributed by atoms with Crippen molar-refractivity contribution < 1.29 is 9.53 Å². The van der Waals surface area contributed by atoms with Gasteiger partial charge < -0.3 is 10.1 Å². The molecule has 0 aromatic heterocycles. The Bertz CT molecular complexity index is 427. The standard InChI is InChI=1S/C17H25NO2/c1-3-14-5-4-6-16(11-14)20-17(19)12-18-15-9-7-13(2)8-10-15/h7-10,14,16,18H,3-6,11-12H2,1-2H3. The predicted octanol–water partition coefficient (Wildman–Crippen LogP) is 3.92. The van der Waals surface area contributed by atoms with Gasteiger partial charge >= 0.3 is 5.97 Å². The second-order valence-corrected chi connectivity index (χ2v) is 5.77. The van der Waals surface area contributed by atoms with Crippen LogP contribution in [0.3, 0.4) is 0 Å². The van der Waals surface area contributed by atoms with Crippen LogP contribution in [0.25, 0.3) is 0 Å². The van der Waals surface area contributed by atoms with Gasteiger partial charge in [0.05, 0.1) is 0 Å². The van der Waals surface area contributed by atoms with Crippen molar-refractivity contribution in [3.05, 3.63) is 29.8 Å². The number of anilines is 1. The summed E-state index contributed by atoms with van der Waals surface area (Å²) in [4.78, 5) is 11.9. The Kier molecular flexibility index (Phi) is 5.45. The third kappa shape index (κ3) is 4.55. The topological polar surface area (TPSA) is 38.3 Å². The van der Waals surface area contributed by atoms with Crippen molar-refractivity contribution in [2.75, 3.05) is 11.9 Å². The number of benzene rings is 1. The maximum Gasteiger partial charge on any atom is 0.325 e. The first kappa shape index (κ1) is 14.9. The zero-order valence-corrected chi connectivity index (χ0v) is 12.5. The van der Waals surface area contributed by atoms with Gasteiger partial charge in [-0.25, -0.2) is 0 Å². The van der Waals surface area contributed by atoms with E-state index >= 15 is 0 Å². The van der Waals surface area contributed by atoms with E-state index in [1.807, 2.05) is 31.2 Å². The Morgan fingerprint density at radius 1 is 1.30 bits per heavy atom. The fourth-order valence-corrected chi connectivity index (χ4v) is 2.79. The molecule has 0 aliphatic heterocycles. The molecule has 0 saturated heterocycles. The number of ether oxygens (including phenoxy) is 1. The van der Waals surface area contributed by atoms with Crippen LogP contribution in [0.4, 0.5) is 5.69 Å². The summed E-state index contributed by atoms with van der Waals surface area (Å²) in [7, 11) is 0. The smallest absolute Gasteiger partial charge is 0.325 e. The highest BCUT2D eigenvalue weighted by Crippen LogP contribution is 2.28. The van der Waals surface area contributed by atoms with Gasteiger partial charge in [-0.3, -0.25) is 4.79 Å². The monoisotopic (exact) mass is 275 g/mol. The molecule has 1 aliphatic carbocycles. The quantitative estimate of drug-likeness (QED) is 0.828. The van der Waals surface area contributed by atoms with E-state index in [2.05, 4.69) is 12.2 Å². The van der Waals surface area contributed by atoms with E-state index in [9.17, 15) is 4.79 Å². The van der Waals surface area contributed by atoms with E-state index in [0.717, 1.165) is 24.4 Å². The Balaban J connectivity index is 1.73. The van der Waals surface area contributed by atoms with Gasteiger partial charge in [-0.2, -0.15) is 0 Å². The van der Waals surface area contributed by atoms with E-state index < -0.39 is 0 Å². The highest BCUT2D eigenvalue weighted by Gasteiger charge is 2.23. The van der Waals surface area contributed by atoms with Gasteiger partial charge in [0.2, 0.25) is 0 Å². The fraction of sp³-hybridized carbons (Fsp3) is 0.588. The number of aryl methyl sites for hydroxylation is 1. The molecule has 1 aromatic carbocycles. The van der Waals surface area contributed by atoms with Gasteiger partial charge in [0.15, 0.2) is 0 Å². The molecule has 2 atom stereocenters. The van der Waals surface area contributed by atoms with Crippen LogP contribution in [0.1, 0.15) is 44.6 Å². The molecule has 1 aromatic rings. The molecule has 0 bridgehead atoms. The largest absolute Gasteiger partial charge is 0.461 e. The minimum absolute atomic E-state index is 0.126. The summed E-state index contributed by atoms with van der Waals surface area (Å²) in [6, 6.07) is 8.02. The number of nitrogens with one attached hydrogen (secondary N) is 1. The zero-order valence-electron chi connectivity index (χ0n) is 12.5. The first-order chi connectivity index (χ1) is 9.67. The van der Waals surface area contributed by atoms with Crippen LogP contribution < -0.4 is 5.32 Å². The van der Waals surface area contributed by atoms with E-state index in [1.165, 1.54) is 24.8 Å². The van der Waals surface area contributed by atoms with Crippen LogP contribution >= 0.6 is 0 Å². The van der Waals surface area contributed by atoms with Gasteiger partial charge in [0, 0.05) is 5.69 Å². The van der Waals surface area contributed by atoms with Gasteiger partial charge in [0.25, 0.3) is 0 Å². The number of rotatable bonds is 5. The van der Waals surface area contributed by atoms with Crippen molar-refractivity contribution >= 4 is 11.7 Å². The molecule has 0 heterocycles. The molecule has 110 valence electrons. The van der Waals surface area contributed by atoms with Crippen molar-refractivity contribution in [2.24, 2.45) is 5.92 Å². The van der Waals surface area contributed by atoms with E-state index in [-0.39, 0.29) is 18.6 Å². The van der Waals surface area contributed by atoms with Gasteiger partial charge in [0.1, 0.15) is 12.6 Å². The van der Waals surface area contributed by atoms with E-state index in [1.54, 1.807) is 0 Å². The summed E-state index contributed by atoms with van der Waals surface area (Å²) >= 11 is 0. The Labute approximate surface area is 121 Å². The lowest BCUT2D eigenvalue weighted by molar-refractivity contribution is -0.149. The molecule has 1 saturated carbocycles. The Morgan fingerprint density at radius 2 is 2.05 bits per heavy atom. The summed E-state index contributed by atoms with van der Waals surface area (Å²) in [5.74, 6) is 0.582. The number of carbonyl (C=O) groups is 1. The molecule has 2 unspecified atom stereocenters. The number of hydrogen-bond acceptors (Lipinski definition) is 3. The highest BCUT2D eigenvalue weighted by atomic mass is 16.5. The Morgan fingerprint density at radius 3 is 2.75 bits per heavy atom. The Hall–Kier alpha value is -1.51. The maximum absolute atomic E-state index is 11.9. The van der Waals surface area contributed by atoms with Gasteiger partial charge in [-0.1, -0.05) is 37.5 Å². The predicted molar refractivity (Wildman–Crippen MR) is 81.8 cm³/mol. The average Bonchev–Trinajstić information content (AvgIpc) is 2.47. The highest BCUT2D eigenvalue weighted by molar-refractivity contribution is 5.75. The molecule has 1 N–H and O–H groups in total. The molecule has 2 rings (SSSR count). The molecule has 0 amide bonds. The van der Waals surface area contributed by atoms with Gasteiger partial charge in [-0.15, -0.1) is 0 Å².